The minimum absolute atomic E-state index is 0. The largest absolute Gasteiger partial charge is 0.287 e. The molecule has 0 aliphatic carbocycles. The van der Waals surface area contributed by atoms with E-state index in [1.165, 1.54) is 0 Å². The van der Waals surface area contributed by atoms with Gasteiger partial charge in [0.15, 0.2) is 0 Å². The van der Waals surface area contributed by atoms with E-state index in [4.69, 9.17) is 0 Å². The van der Waals surface area contributed by atoms with Crippen LogP contribution in [0.5, 0.6) is 0 Å². The molecule has 0 unspecified atom stereocenters. The van der Waals surface area contributed by atoms with Crippen molar-refractivity contribution in [3.63, 3.8) is 0 Å². The van der Waals surface area contributed by atoms with Gasteiger partial charge < -0.3 is 0 Å². The number of hydrogen-bond donors (Lipinski definition) is 0. The van der Waals surface area contributed by atoms with E-state index in [9.17, 15) is 4.57 Å². The summed E-state index contributed by atoms with van der Waals surface area (Å²) in [6, 6.07) is 0. The topological polar surface area (TPSA) is 17.1 Å². The van der Waals surface area contributed by atoms with Crippen molar-refractivity contribution < 1.29 is 4.57 Å². The summed E-state index contributed by atoms with van der Waals surface area (Å²) in [6.07, 6.45) is 0. The molecule has 0 aliphatic heterocycles. The quantitative estimate of drug-likeness (QED) is 0.595. The highest BCUT2D eigenvalue weighted by atomic mass is 80.0. The molecule has 0 aliphatic rings. The van der Waals surface area contributed by atoms with Crippen molar-refractivity contribution in [1.29, 1.82) is 0 Å². The van der Waals surface area contributed by atoms with Gasteiger partial charge in [0, 0.05) is 46.5 Å². The average Bonchev–Trinajstić information content (AvgIpc) is 0.722. The van der Waals surface area contributed by atoms with Gasteiger partial charge in [-0.05, 0) is 0 Å². The van der Waals surface area contributed by atoms with Crippen LogP contribution in [0.15, 0.2) is 0 Å². The van der Waals surface area contributed by atoms with Gasteiger partial charge in [0.25, 0.3) is 3.25 Å². The Morgan fingerprint density at radius 3 is 1.00 bits per heavy atom. The normalized spacial score (nSPS) is 8.43. The summed E-state index contributed by atoms with van der Waals surface area (Å²) in [6.45, 7) is 0. The van der Waals surface area contributed by atoms with Crippen LogP contribution in [0.4, 0.5) is 0 Å². The Hall–Kier alpha value is 2.25. The Balaban J connectivity index is -0.0000000800. The predicted octanol–water partition coefficient (Wildman–Crippen LogP) is 4.12. The van der Waals surface area contributed by atoms with Gasteiger partial charge in [0.1, 0.15) is 0 Å². The fourth-order valence-electron chi connectivity index (χ4n) is 0. The number of rotatable bonds is 0. The number of hydrogen-bond acceptors (Lipinski definition) is 1. The fourth-order valence-corrected chi connectivity index (χ4v) is 0. The van der Waals surface area contributed by atoms with Crippen molar-refractivity contribution in [2.75, 3.05) is 0 Å². The lowest BCUT2D eigenvalue weighted by Crippen LogP contribution is -1.14. The molecule has 0 saturated carbocycles. The van der Waals surface area contributed by atoms with E-state index in [2.05, 4.69) is 46.5 Å². The van der Waals surface area contributed by atoms with Crippen LogP contribution in [0, 0.1) is 0 Å². The minimum atomic E-state index is -2.20. The van der Waals surface area contributed by atoms with Gasteiger partial charge in [-0.1, -0.05) is 0 Å². The summed E-state index contributed by atoms with van der Waals surface area (Å²) in [4.78, 5) is 0. The Labute approximate surface area is 78.4 Å². The first kappa shape index (κ1) is 16.1. The molecule has 0 aromatic rings. The van der Waals surface area contributed by atoms with E-state index in [-0.39, 0.29) is 24.8 Å². The third-order valence-electron chi connectivity index (χ3n) is 0. The molecule has 7 heavy (non-hydrogen) atoms. The predicted molar refractivity (Wildman–Crippen MR) is 48.9 cm³/mol. The van der Waals surface area contributed by atoms with Crippen LogP contribution >= 0.6 is 74.5 Å². The second kappa shape index (κ2) is 6.37. The molecule has 7 heteroatoms. The lowest BCUT2D eigenvalue weighted by Gasteiger charge is -1.76. The third-order valence-corrected chi connectivity index (χ3v) is 0. The smallest absolute Gasteiger partial charge is 0.268 e. The Morgan fingerprint density at radius 1 is 1.00 bits per heavy atom. The molecule has 0 amide bonds. The van der Waals surface area contributed by atoms with Gasteiger partial charge >= 0.3 is 0 Å². The van der Waals surface area contributed by atoms with Gasteiger partial charge in [-0.3, -0.25) is 4.57 Å². The molecule has 0 saturated heterocycles. The lowest BCUT2D eigenvalue weighted by molar-refractivity contribution is 0.603. The second-order valence-corrected chi connectivity index (χ2v) is 18.8. The van der Waals surface area contributed by atoms with Crippen molar-refractivity contribution in [1.82, 2.24) is 0 Å². The van der Waals surface area contributed by atoms with Gasteiger partial charge in [0.2, 0.25) is 0 Å². The SMILES string of the molecule is Cl.Cl.O=P(Br)(Br)Br. The molecule has 0 fully saturated rings. The lowest BCUT2D eigenvalue weighted by atomic mass is 16.0. The van der Waals surface area contributed by atoms with Crippen molar-refractivity contribution in [3.05, 3.63) is 0 Å². The Morgan fingerprint density at radius 2 is 1.00 bits per heavy atom. The van der Waals surface area contributed by atoms with Crippen molar-refractivity contribution in [3.8, 4) is 0 Å². The van der Waals surface area contributed by atoms with Crippen LogP contribution < -0.4 is 0 Å². The standard InChI is InChI=1S/Br3OP.2ClH/c1-5(2,3)4;;/h;2*1H. The monoisotopic (exact) mass is 356 g/mol. The van der Waals surface area contributed by atoms with Crippen LogP contribution in [0.2, 0.25) is 0 Å². The Kier molecular flexibility index (Phi) is 14.7. The maximum atomic E-state index is 9.97. The molecule has 0 rings (SSSR count). The average molecular weight is 360 g/mol. The molecular weight excluding hydrogens is 358 g/mol. The van der Waals surface area contributed by atoms with E-state index in [1.807, 2.05) is 0 Å². The van der Waals surface area contributed by atoms with Crippen molar-refractivity contribution in [2.24, 2.45) is 0 Å². The molecule has 0 aromatic heterocycles. The third kappa shape index (κ3) is 63.7. The second-order valence-electron chi connectivity index (χ2n) is 0.399. The van der Waals surface area contributed by atoms with Crippen molar-refractivity contribution in [2.45, 2.75) is 0 Å². The molecular formula is H2Br3Cl2OP. The minimum Gasteiger partial charge on any atom is -0.287 e. The van der Waals surface area contributed by atoms with Crippen LogP contribution in [-0.4, -0.2) is 0 Å². The van der Waals surface area contributed by atoms with Gasteiger partial charge in [-0.25, -0.2) is 0 Å². The van der Waals surface area contributed by atoms with E-state index >= 15 is 0 Å². The Bertz CT molecular complexity index is 59.1. The van der Waals surface area contributed by atoms with Gasteiger partial charge in [-0.15, -0.1) is 24.8 Å². The maximum Gasteiger partial charge on any atom is 0.268 e. The van der Waals surface area contributed by atoms with E-state index in [0.29, 0.717) is 0 Å². The van der Waals surface area contributed by atoms with Gasteiger partial charge in [-0.2, -0.15) is 0 Å². The first-order chi connectivity index (χ1) is 2.00. The molecule has 0 N–H and O–H groups in total. The van der Waals surface area contributed by atoms with Crippen molar-refractivity contribution >= 4 is 74.5 Å². The van der Waals surface area contributed by atoms with Crippen LogP contribution in [-0.2, 0) is 4.57 Å². The molecule has 0 radical (unpaired) electrons. The molecule has 0 spiro atoms. The summed E-state index contributed by atoms with van der Waals surface area (Å²) in [7, 11) is 0. The maximum absolute atomic E-state index is 9.97. The summed E-state index contributed by atoms with van der Waals surface area (Å²) >= 11 is 8.29. The van der Waals surface area contributed by atoms with Crippen LogP contribution in [0.1, 0.15) is 0 Å². The number of halogens is 5. The van der Waals surface area contributed by atoms with Gasteiger partial charge in [0.05, 0.1) is 0 Å². The van der Waals surface area contributed by atoms with E-state index < -0.39 is 3.25 Å². The van der Waals surface area contributed by atoms with E-state index in [1.54, 1.807) is 0 Å². The highest BCUT2D eigenvalue weighted by molar-refractivity contribution is 9.94. The molecule has 0 heterocycles. The summed E-state index contributed by atoms with van der Waals surface area (Å²) in [5, 5.41) is 0. The highest BCUT2D eigenvalue weighted by Gasteiger charge is 2.00. The molecule has 48 valence electrons. The highest BCUT2D eigenvalue weighted by Crippen LogP contribution is 2.68. The van der Waals surface area contributed by atoms with Crippen LogP contribution in [0.3, 0.4) is 0 Å². The first-order valence-electron chi connectivity index (χ1n) is 0.690. The zero-order chi connectivity index (χ0) is 4.50. The zero-order valence-corrected chi connectivity index (χ0v) is 10.1. The molecule has 0 bridgehead atoms. The van der Waals surface area contributed by atoms with Crippen LogP contribution in [0.25, 0.3) is 0 Å². The summed E-state index contributed by atoms with van der Waals surface area (Å²) in [5.41, 5.74) is 0. The molecule has 0 atom stereocenters. The van der Waals surface area contributed by atoms with E-state index in [0.717, 1.165) is 0 Å². The summed E-state index contributed by atoms with van der Waals surface area (Å²) < 4.78 is 7.76. The fraction of sp³-hybridized carbons (Fsp3) is 0. The zero-order valence-electron chi connectivity index (χ0n) is 2.81. The summed E-state index contributed by atoms with van der Waals surface area (Å²) in [5.74, 6) is 0. The molecule has 0 aromatic carbocycles. The molecule has 1 nitrogen and oxygen atoms in total. The first-order valence-corrected chi connectivity index (χ1v) is 8.45.